The van der Waals surface area contributed by atoms with Crippen molar-refractivity contribution in [3.8, 4) is 11.5 Å². The number of rotatable bonds is 5. The summed E-state index contributed by atoms with van der Waals surface area (Å²) in [4.78, 5) is 0. The van der Waals surface area contributed by atoms with Crippen LogP contribution in [0, 0.1) is 5.82 Å². The predicted molar refractivity (Wildman–Crippen MR) is 90.4 cm³/mol. The number of ether oxygens (including phenoxy) is 1. The van der Waals surface area contributed by atoms with E-state index in [0.717, 1.165) is 22.3 Å². The van der Waals surface area contributed by atoms with Crippen molar-refractivity contribution in [2.75, 3.05) is 6.54 Å². The molecule has 0 aromatic heterocycles. The summed E-state index contributed by atoms with van der Waals surface area (Å²) in [6.07, 6.45) is 0. The molecule has 0 fully saturated rings. The average molecular weight is 417 g/mol. The van der Waals surface area contributed by atoms with Gasteiger partial charge in [-0.2, -0.15) is 0 Å². The van der Waals surface area contributed by atoms with E-state index in [1.165, 1.54) is 6.07 Å². The second-order valence-electron chi connectivity index (χ2n) is 4.64. The summed E-state index contributed by atoms with van der Waals surface area (Å²) in [7, 11) is 0. The van der Waals surface area contributed by atoms with Gasteiger partial charge in [0.25, 0.3) is 0 Å². The van der Waals surface area contributed by atoms with Crippen molar-refractivity contribution >= 4 is 31.9 Å². The Morgan fingerprint density at radius 1 is 1.19 bits per heavy atom. The molecule has 0 bridgehead atoms. The van der Waals surface area contributed by atoms with Crippen molar-refractivity contribution < 1.29 is 9.13 Å². The molecule has 0 spiro atoms. The van der Waals surface area contributed by atoms with Crippen LogP contribution >= 0.6 is 31.9 Å². The molecule has 0 radical (unpaired) electrons. The van der Waals surface area contributed by atoms with Crippen LogP contribution in [0.15, 0.2) is 45.3 Å². The van der Waals surface area contributed by atoms with Crippen LogP contribution in [0.5, 0.6) is 11.5 Å². The molecule has 112 valence electrons. The van der Waals surface area contributed by atoms with Crippen LogP contribution in [-0.4, -0.2) is 6.54 Å². The fraction of sp³-hybridized carbons (Fsp3) is 0.250. The van der Waals surface area contributed by atoms with Gasteiger partial charge in [0.15, 0.2) is 0 Å². The zero-order chi connectivity index (χ0) is 15.4. The van der Waals surface area contributed by atoms with Crippen LogP contribution in [0.25, 0.3) is 0 Å². The topological polar surface area (TPSA) is 21.3 Å². The van der Waals surface area contributed by atoms with E-state index in [1.54, 1.807) is 12.1 Å². The molecule has 1 N–H and O–H groups in total. The SMILES string of the molecule is CCNC(C)c1cc(Br)ccc1Oc1ccc(F)c(Br)c1. The lowest BCUT2D eigenvalue weighted by Crippen LogP contribution is -2.18. The van der Waals surface area contributed by atoms with Crippen LogP contribution in [0.2, 0.25) is 0 Å². The summed E-state index contributed by atoms with van der Waals surface area (Å²) < 4.78 is 20.6. The Labute approximate surface area is 141 Å². The van der Waals surface area contributed by atoms with Gasteiger partial charge in [-0.25, -0.2) is 4.39 Å². The van der Waals surface area contributed by atoms with E-state index in [1.807, 2.05) is 18.2 Å². The Bertz CT molecular complexity index is 634. The number of hydrogen-bond acceptors (Lipinski definition) is 2. The van der Waals surface area contributed by atoms with Gasteiger partial charge in [-0.15, -0.1) is 0 Å². The van der Waals surface area contributed by atoms with E-state index >= 15 is 0 Å². The first kappa shape index (κ1) is 16.5. The van der Waals surface area contributed by atoms with Crippen LogP contribution in [0.4, 0.5) is 4.39 Å². The quantitative estimate of drug-likeness (QED) is 0.663. The van der Waals surface area contributed by atoms with Crippen LogP contribution < -0.4 is 10.1 Å². The first-order chi connectivity index (χ1) is 10.0. The summed E-state index contributed by atoms with van der Waals surface area (Å²) >= 11 is 6.65. The maximum Gasteiger partial charge on any atom is 0.137 e. The normalized spacial score (nSPS) is 12.2. The highest BCUT2D eigenvalue weighted by Crippen LogP contribution is 2.33. The Hall–Kier alpha value is -0.910. The minimum absolute atomic E-state index is 0.159. The van der Waals surface area contributed by atoms with E-state index in [9.17, 15) is 4.39 Å². The zero-order valence-electron chi connectivity index (χ0n) is 11.8. The average Bonchev–Trinajstić information content (AvgIpc) is 2.45. The molecule has 0 saturated carbocycles. The highest BCUT2D eigenvalue weighted by atomic mass is 79.9. The molecule has 1 atom stereocenters. The lowest BCUT2D eigenvalue weighted by atomic mass is 10.1. The Morgan fingerprint density at radius 2 is 1.95 bits per heavy atom. The molecule has 5 heteroatoms. The maximum absolute atomic E-state index is 13.3. The van der Waals surface area contributed by atoms with Gasteiger partial charge < -0.3 is 10.1 Å². The van der Waals surface area contributed by atoms with Gasteiger partial charge in [-0.1, -0.05) is 22.9 Å². The van der Waals surface area contributed by atoms with Crippen molar-refractivity contribution in [1.29, 1.82) is 0 Å². The van der Waals surface area contributed by atoms with Gasteiger partial charge in [-0.3, -0.25) is 0 Å². The third-order valence-electron chi connectivity index (χ3n) is 3.07. The van der Waals surface area contributed by atoms with Gasteiger partial charge in [0.2, 0.25) is 0 Å². The van der Waals surface area contributed by atoms with Crippen LogP contribution in [-0.2, 0) is 0 Å². The molecule has 21 heavy (non-hydrogen) atoms. The standard InChI is InChI=1S/C16H16Br2FNO/c1-3-20-10(2)13-8-11(17)4-7-16(13)21-12-5-6-15(19)14(18)9-12/h4-10,20H,3H2,1-2H3. The van der Waals surface area contributed by atoms with Crippen LogP contribution in [0.3, 0.4) is 0 Å². The Balaban J connectivity index is 2.32. The van der Waals surface area contributed by atoms with Gasteiger partial charge in [0.1, 0.15) is 17.3 Å². The molecule has 2 nitrogen and oxygen atoms in total. The fourth-order valence-electron chi connectivity index (χ4n) is 2.03. The molecule has 0 saturated heterocycles. The Morgan fingerprint density at radius 3 is 2.62 bits per heavy atom. The first-order valence-electron chi connectivity index (χ1n) is 6.67. The second kappa shape index (κ2) is 7.38. The van der Waals surface area contributed by atoms with Gasteiger partial charge in [0.05, 0.1) is 4.47 Å². The molecule has 1 unspecified atom stereocenters. The van der Waals surface area contributed by atoms with E-state index < -0.39 is 0 Å². The third kappa shape index (κ3) is 4.28. The summed E-state index contributed by atoms with van der Waals surface area (Å²) in [5.74, 6) is 1.04. The molecular weight excluding hydrogens is 401 g/mol. The first-order valence-corrected chi connectivity index (χ1v) is 8.25. The molecule has 2 aromatic carbocycles. The van der Waals surface area contributed by atoms with Gasteiger partial charge in [0, 0.05) is 16.1 Å². The van der Waals surface area contributed by atoms with E-state index in [-0.39, 0.29) is 11.9 Å². The smallest absolute Gasteiger partial charge is 0.137 e. The molecular formula is C16H16Br2FNO. The van der Waals surface area contributed by atoms with Crippen LogP contribution in [0.1, 0.15) is 25.5 Å². The van der Waals surface area contributed by atoms with Gasteiger partial charge >= 0.3 is 0 Å². The van der Waals surface area contributed by atoms with Crippen molar-refractivity contribution in [2.45, 2.75) is 19.9 Å². The number of nitrogens with one attached hydrogen (secondary N) is 1. The second-order valence-corrected chi connectivity index (χ2v) is 6.41. The van der Waals surface area contributed by atoms with Crippen molar-refractivity contribution in [1.82, 2.24) is 5.32 Å². The summed E-state index contributed by atoms with van der Waals surface area (Å²) in [6, 6.07) is 10.6. The molecule has 0 amide bonds. The zero-order valence-corrected chi connectivity index (χ0v) is 15.0. The highest BCUT2D eigenvalue weighted by Gasteiger charge is 2.13. The third-order valence-corrected chi connectivity index (χ3v) is 4.17. The fourth-order valence-corrected chi connectivity index (χ4v) is 2.77. The largest absolute Gasteiger partial charge is 0.457 e. The van der Waals surface area contributed by atoms with Crippen molar-refractivity contribution in [3.63, 3.8) is 0 Å². The lowest BCUT2D eigenvalue weighted by Gasteiger charge is -2.18. The molecule has 0 heterocycles. The van der Waals surface area contributed by atoms with Crippen molar-refractivity contribution in [2.24, 2.45) is 0 Å². The highest BCUT2D eigenvalue weighted by molar-refractivity contribution is 9.10. The molecule has 2 aromatic rings. The predicted octanol–water partition coefficient (Wildman–Crippen LogP) is 5.81. The van der Waals surface area contributed by atoms with Crippen molar-refractivity contribution in [3.05, 3.63) is 56.7 Å². The molecule has 0 aliphatic rings. The van der Waals surface area contributed by atoms with E-state index in [4.69, 9.17) is 4.74 Å². The minimum atomic E-state index is -0.306. The van der Waals surface area contributed by atoms with E-state index in [2.05, 4.69) is 51.0 Å². The molecule has 2 rings (SSSR count). The summed E-state index contributed by atoms with van der Waals surface area (Å²) in [6.45, 7) is 5.01. The lowest BCUT2D eigenvalue weighted by molar-refractivity contribution is 0.461. The number of halogens is 3. The monoisotopic (exact) mass is 415 g/mol. The summed E-state index contributed by atoms with van der Waals surface area (Å²) in [5.41, 5.74) is 1.05. The van der Waals surface area contributed by atoms with Gasteiger partial charge in [-0.05, 0) is 65.8 Å². The van der Waals surface area contributed by atoms with E-state index in [0.29, 0.717) is 10.2 Å². The summed E-state index contributed by atoms with van der Waals surface area (Å²) in [5, 5.41) is 3.37. The number of hydrogen-bond donors (Lipinski definition) is 1. The Kier molecular flexibility index (Phi) is 5.79. The maximum atomic E-state index is 13.3. The molecule has 0 aliphatic carbocycles. The minimum Gasteiger partial charge on any atom is -0.457 e. The number of benzene rings is 2. The molecule has 0 aliphatic heterocycles.